The van der Waals surface area contributed by atoms with Crippen LogP contribution in [-0.4, -0.2) is 0 Å². The molecular formula is C10H5INPZn. The molecule has 0 amide bonds. The molecule has 0 aliphatic rings. The molecule has 1 aromatic carbocycles. The Morgan fingerprint density at radius 2 is 2.07 bits per heavy atom. The van der Waals surface area contributed by atoms with Gasteiger partial charge >= 0.3 is 34.5 Å². The first-order chi connectivity index (χ1) is 6.92. The van der Waals surface area contributed by atoms with Crippen molar-refractivity contribution >= 4 is 38.4 Å². The number of rotatable bonds is 0. The van der Waals surface area contributed by atoms with E-state index in [1.807, 2.05) is 24.3 Å². The molecule has 0 saturated heterocycles. The fourth-order valence-corrected chi connectivity index (χ4v) is 1.94. The Labute approximate surface area is 105 Å². The third-order valence-corrected chi connectivity index (χ3v) is 2.60. The van der Waals surface area contributed by atoms with Gasteiger partial charge in [0, 0.05) is 6.07 Å². The molecule has 0 bridgehead atoms. The fourth-order valence-electron chi connectivity index (χ4n) is 1.14. The zero-order valence-corrected chi connectivity index (χ0v) is 13.4. The van der Waals surface area contributed by atoms with Crippen LogP contribution >= 0.6 is 27.9 Å². The minimum atomic E-state index is 0.712. The van der Waals surface area contributed by atoms with Crippen molar-refractivity contribution in [2.45, 2.75) is 0 Å². The maximum absolute atomic E-state index is 8.78. The van der Waals surface area contributed by atoms with Gasteiger partial charge in [0.05, 0.1) is 0 Å². The van der Waals surface area contributed by atoms with Crippen LogP contribution in [0.15, 0.2) is 30.3 Å². The van der Waals surface area contributed by atoms with Gasteiger partial charge in [0.1, 0.15) is 0 Å². The maximum atomic E-state index is 8.78. The summed E-state index contributed by atoms with van der Waals surface area (Å²) in [5.41, 5.74) is 0.712. The van der Waals surface area contributed by atoms with Crippen molar-refractivity contribution < 1.29 is 14.8 Å². The molecule has 0 aliphatic carbocycles. The van der Waals surface area contributed by atoms with Crippen LogP contribution in [0.5, 0.6) is 0 Å². The summed E-state index contributed by atoms with van der Waals surface area (Å²) in [4.78, 5) is 0. The summed E-state index contributed by atoms with van der Waals surface area (Å²) >= 11 is 3.62. The Morgan fingerprint density at radius 1 is 1.36 bits per heavy atom. The Bertz CT molecular complexity index is 462. The van der Waals surface area contributed by atoms with Crippen LogP contribution in [-0.2, 0) is 14.8 Å². The number of fused-ring (bicyclic) bond motifs is 1. The van der Waals surface area contributed by atoms with E-state index in [0.29, 0.717) is 5.56 Å². The van der Waals surface area contributed by atoms with E-state index in [-0.39, 0.29) is 0 Å². The van der Waals surface area contributed by atoms with Gasteiger partial charge in [0.2, 0.25) is 0 Å². The molecule has 1 aromatic heterocycles. The fraction of sp³-hybridized carbons (Fsp3) is 0. The van der Waals surface area contributed by atoms with E-state index in [2.05, 4.69) is 31.6 Å². The van der Waals surface area contributed by atoms with Crippen LogP contribution in [0.1, 0.15) is 5.56 Å². The molecule has 1 heterocycles. The first kappa shape index (κ1) is 12.0. The Kier molecular flexibility index (Phi) is 5.55. The first-order valence-electron chi connectivity index (χ1n) is 3.84. The summed E-state index contributed by atoms with van der Waals surface area (Å²) < 4.78 is 0. The number of nitriles is 1. The summed E-state index contributed by atoms with van der Waals surface area (Å²) in [6.45, 7) is 0. The molecule has 0 spiro atoms. The Hall–Kier alpha value is -0.0266. The Morgan fingerprint density at radius 3 is 2.79 bits per heavy atom. The Balaban J connectivity index is 0.000000461. The van der Waals surface area contributed by atoms with E-state index < -0.39 is 0 Å². The second-order valence-corrected chi connectivity index (χ2v) is 3.39. The standard InChI is InChI=1S/C10H5NP.HI.Zn/c11-7-8-5-6-12-10-4-2-1-3-9(8)10;;/h1-5H;1H;/q-1;;+2/p-1. The van der Waals surface area contributed by atoms with E-state index in [4.69, 9.17) is 5.26 Å². The molecule has 2 rings (SSSR count). The van der Waals surface area contributed by atoms with E-state index in [9.17, 15) is 0 Å². The summed E-state index contributed by atoms with van der Waals surface area (Å²) in [6, 6.07) is 11.8. The van der Waals surface area contributed by atoms with Crippen molar-refractivity contribution in [3.8, 4) is 6.07 Å². The van der Waals surface area contributed by atoms with E-state index in [1.165, 1.54) is 14.8 Å². The molecule has 2 aromatic rings. The predicted octanol–water partition coefficient (Wildman–Crippen LogP) is 3.97. The van der Waals surface area contributed by atoms with E-state index in [1.54, 1.807) is 6.07 Å². The topological polar surface area (TPSA) is 23.8 Å². The molecule has 14 heavy (non-hydrogen) atoms. The van der Waals surface area contributed by atoms with Crippen molar-refractivity contribution in [3.63, 3.8) is 0 Å². The molecule has 0 N–H and O–H groups in total. The molecule has 0 unspecified atom stereocenters. The number of halogens is 1. The third kappa shape index (κ3) is 2.73. The van der Waals surface area contributed by atoms with Gasteiger partial charge in [-0.05, 0) is 5.56 Å². The van der Waals surface area contributed by atoms with Crippen molar-refractivity contribution in [1.82, 2.24) is 0 Å². The number of hydrogen-bond acceptors (Lipinski definition) is 1. The van der Waals surface area contributed by atoms with Gasteiger partial charge in [-0.3, -0.25) is 0 Å². The van der Waals surface area contributed by atoms with Crippen molar-refractivity contribution in [2.75, 3.05) is 0 Å². The molecule has 4 heteroatoms. The SMILES string of the molecule is N#Cc1c[c-]pc2ccccc12.[Zn+][I]. The summed E-state index contributed by atoms with van der Waals surface area (Å²) in [7, 11) is 1.06. The van der Waals surface area contributed by atoms with Crippen LogP contribution in [0.2, 0.25) is 0 Å². The number of benzene rings is 1. The monoisotopic (exact) mass is 361 g/mol. The van der Waals surface area contributed by atoms with Crippen LogP contribution in [0.3, 0.4) is 0 Å². The van der Waals surface area contributed by atoms with Crippen LogP contribution < -0.4 is 0 Å². The predicted molar refractivity (Wildman–Crippen MR) is 64.0 cm³/mol. The minimum absolute atomic E-state index is 0.712. The third-order valence-electron chi connectivity index (χ3n) is 1.71. The second-order valence-electron chi connectivity index (χ2n) is 2.43. The molecule has 0 atom stereocenters. The van der Waals surface area contributed by atoms with Gasteiger partial charge in [0.15, 0.2) is 0 Å². The van der Waals surface area contributed by atoms with Gasteiger partial charge in [-0.2, -0.15) is 6.07 Å². The van der Waals surface area contributed by atoms with E-state index >= 15 is 0 Å². The van der Waals surface area contributed by atoms with Crippen LogP contribution in [0.25, 0.3) is 10.5 Å². The first-order valence-corrected chi connectivity index (χ1v) is 13.8. The molecule has 0 radical (unpaired) electrons. The van der Waals surface area contributed by atoms with Crippen molar-refractivity contribution in [2.24, 2.45) is 0 Å². The molecule has 0 fully saturated rings. The second kappa shape index (κ2) is 6.46. The summed E-state index contributed by atoms with van der Waals surface area (Å²) in [5, 5.41) is 11.0. The average Bonchev–Trinajstić information content (AvgIpc) is 2.31. The van der Waals surface area contributed by atoms with Gasteiger partial charge in [-0.25, -0.2) is 13.5 Å². The van der Waals surface area contributed by atoms with Gasteiger partial charge in [0.25, 0.3) is 0 Å². The van der Waals surface area contributed by atoms with E-state index in [0.717, 1.165) is 18.7 Å². The quantitative estimate of drug-likeness (QED) is 0.395. The van der Waals surface area contributed by atoms with Gasteiger partial charge in [-0.15, -0.1) is 17.3 Å². The van der Waals surface area contributed by atoms with Gasteiger partial charge < -0.3 is 0 Å². The average molecular weight is 362 g/mol. The number of hydrogen-bond donors (Lipinski definition) is 0. The normalized spacial score (nSPS) is 9.29. The molecule has 0 saturated carbocycles. The molecular weight excluding hydrogens is 357 g/mol. The zero-order chi connectivity index (χ0) is 10.4. The zero-order valence-electron chi connectivity index (χ0n) is 7.37. The molecule has 0 aliphatic heterocycles. The van der Waals surface area contributed by atoms with Crippen LogP contribution in [0.4, 0.5) is 0 Å². The number of nitrogens with zero attached hydrogens (tertiary/aromatic N) is 1. The molecule has 64 valence electrons. The van der Waals surface area contributed by atoms with Gasteiger partial charge in [-0.1, -0.05) is 23.3 Å². The van der Waals surface area contributed by atoms with Crippen molar-refractivity contribution in [3.05, 3.63) is 41.7 Å². The summed E-state index contributed by atoms with van der Waals surface area (Å²) in [6.07, 6.45) is 0. The summed E-state index contributed by atoms with van der Waals surface area (Å²) in [5.74, 6) is 3.03. The van der Waals surface area contributed by atoms with Crippen LogP contribution in [0, 0.1) is 17.1 Å². The molecule has 1 nitrogen and oxygen atoms in total. The van der Waals surface area contributed by atoms with Crippen molar-refractivity contribution in [1.29, 1.82) is 5.26 Å².